The minimum atomic E-state index is 0.824. The van der Waals surface area contributed by atoms with Crippen molar-refractivity contribution < 1.29 is 0 Å². The highest BCUT2D eigenvalue weighted by Crippen LogP contribution is 2.08. The molecule has 0 aliphatic carbocycles. The van der Waals surface area contributed by atoms with Crippen LogP contribution < -0.4 is 5.32 Å². The van der Waals surface area contributed by atoms with Gasteiger partial charge in [0.2, 0.25) is 0 Å². The molecule has 0 heterocycles. The second kappa shape index (κ2) is 5.33. The second-order valence-electron chi connectivity index (χ2n) is 3.14. The summed E-state index contributed by atoms with van der Waals surface area (Å²) in [7, 11) is 1.93. The fraction of sp³-hybridized carbons (Fsp3) is 0.778. The molecular weight excluding hydrogens is 122 g/mol. The number of nitrogens with one attached hydrogen (secondary N) is 1. The van der Waals surface area contributed by atoms with Gasteiger partial charge in [-0.1, -0.05) is 26.8 Å². The lowest BCUT2D eigenvalue weighted by Crippen LogP contribution is -2.04. The Morgan fingerprint density at radius 2 is 2.10 bits per heavy atom. The van der Waals surface area contributed by atoms with Crippen molar-refractivity contribution in [2.24, 2.45) is 5.92 Å². The average molecular weight is 141 g/mol. The third kappa shape index (κ3) is 5.67. The fourth-order valence-corrected chi connectivity index (χ4v) is 0.849. The maximum atomic E-state index is 3.86. The molecular formula is C9H19N. The Kier molecular flexibility index (Phi) is 5.09. The second-order valence-corrected chi connectivity index (χ2v) is 3.14. The van der Waals surface area contributed by atoms with Gasteiger partial charge in [-0.05, 0) is 18.8 Å². The van der Waals surface area contributed by atoms with Crippen LogP contribution in [-0.2, 0) is 0 Å². The van der Waals surface area contributed by atoms with Crippen LogP contribution in [0.5, 0.6) is 0 Å². The third-order valence-electron chi connectivity index (χ3n) is 1.61. The molecule has 1 nitrogen and oxygen atoms in total. The zero-order valence-electron chi connectivity index (χ0n) is 7.41. The van der Waals surface area contributed by atoms with Gasteiger partial charge in [0, 0.05) is 12.7 Å². The summed E-state index contributed by atoms with van der Waals surface area (Å²) in [6, 6.07) is 0. The summed E-state index contributed by atoms with van der Waals surface area (Å²) in [5, 5.41) is 3.04. The lowest BCUT2D eigenvalue weighted by Gasteiger charge is -2.05. The molecule has 1 N–H and O–H groups in total. The van der Waals surface area contributed by atoms with E-state index in [0.29, 0.717) is 0 Å². The minimum Gasteiger partial charge on any atom is -0.392 e. The summed E-state index contributed by atoms with van der Waals surface area (Å²) in [6.07, 6.45) is 3.69. The Bertz CT molecular complexity index is 94.9. The van der Waals surface area contributed by atoms with E-state index in [0.717, 1.165) is 18.0 Å². The molecule has 0 aromatic carbocycles. The largest absolute Gasteiger partial charge is 0.392 e. The maximum absolute atomic E-state index is 3.86. The van der Waals surface area contributed by atoms with Gasteiger partial charge in [0.05, 0.1) is 0 Å². The molecule has 0 bridgehead atoms. The molecule has 0 aliphatic heterocycles. The van der Waals surface area contributed by atoms with E-state index in [9.17, 15) is 0 Å². The first kappa shape index (κ1) is 9.54. The van der Waals surface area contributed by atoms with Crippen LogP contribution in [0.15, 0.2) is 12.3 Å². The van der Waals surface area contributed by atoms with Crippen molar-refractivity contribution in [3.05, 3.63) is 12.3 Å². The van der Waals surface area contributed by atoms with E-state index in [4.69, 9.17) is 0 Å². The van der Waals surface area contributed by atoms with Crippen LogP contribution >= 0.6 is 0 Å². The molecule has 0 aliphatic rings. The Morgan fingerprint density at radius 1 is 1.50 bits per heavy atom. The van der Waals surface area contributed by atoms with Gasteiger partial charge in [-0.3, -0.25) is 0 Å². The summed E-state index contributed by atoms with van der Waals surface area (Å²) in [4.78, 5) is 0. The van der Waals surface area contributed by atoms with Gasteiger partial charge in [-0.25, -0.2) is 0 Å². The average Bonchev–Trinajstić information content (AvgIpc) is 1.87. The van der Waals surface area contributed by atoms with Crippen LogP contribution in [0.1, 0.15) is 33.1 Å². The Morgan fingerprint density at radius 3 is 2.50 bits per heavy atom. The Labute approximate surface area is 64.5 Å². The highest BCUT2D eigenvalue weighted by molar-refractivity contribution is 4.88. The number of allylic oxidation sites excluding steroid dienone is 1. The molecule has 0 saturated heterocycles. The Hall–Kier alpha value is -0.460. The molecule has 0 spiro atoms. The van der Waals surface area contributed by atoms with Crippen molar-refractivity contribution in [1.82, 2.24) is 5.32 Å². The van der Waals surface area contributed by atoms with Crippen molar-refractivity contribution in [3.8, 4) is 0 Å². The molecule has 0 amide bonds. The fourth-order valence-electron chi connectivity index (χ4n) is 0.849. The zero-order chi connectivity index (χ0) is 7.98. The first-order valence-corrected chi connectivity index (χ1v) is 4.02. The van der Waals surface area contributed by atoms with Gasteiger partial charge in [-0.2, -0.15) is 0 Å². The van der Waals surface area contributed by atoms with Gasteiger partial charge < -0.3 is 5.32 Å². The molecule has 1 heteroatoms. The van der Waals surface area contributed by atoms with E-state index < -0.39 is 0 Å². The SMILES string of the molecule is C=C(CCCC(C)C)NC. The van der Waals surface area contributed by atoms with E-state index in [-0.39, 0.29) is 0 Å². The first-order chi connectivity index (χ1) is 4.66. The maximum Gasteiger partial charge on any atom is 0.00310 e. The molecule has 0 aromatic rings. The lowest BCUT2D eigenvalue weighted by atomic mass is 10.1. The molecule has 0 atom stereocenters. The van der Waals surface area contributed by atoms with Crippen molar-refractivity contribution in [3.63, 3.8) is 0 Å². The highest BCUT2D eigenvalue weighted by atomic mass is 14.8. The quantitative estimate of drug-likeness (QED) is 0.620. The summed E-state index contributed by atoms with van der Waals surface area (Å²) < 4.78 is 0. The molecule has 0 rings (SSSR count). The summed E-state index contributed by atoms with van der Waals surface area (Å²) in [6.45, 7) is 8.36. The summed E-state index contributed by atoms with van der Waals surface area (Å²) in [5.74, 6) is 0.824. The zero-order valence-corrected chi connectivity index (χ0v) is 7.41. The number of hydrogen-bond donors (Lipinski definition) is 1. The van der Waals surface area contributed by atoms with Crippen molar-refractivity contribution in [2.75, 3.05) is 7.05 Å². The van der Waals surface area contributed by atoms with Gasteiger partial charge in [0.15, 0.2) is 0 Å². The van der Waals surface area contributed by atoms with Crippen LogP contribution in [0.25, 0.3) is 0 Å². The Balaban J connectivity index is 3.12. The van der Waals surface area contributed by atoms with Gasteiger partial charge >= 0.3 is 0 Å². The van der Waals surface area contributed by atoms with E-state index >= 15 is 0 Å². The molecule has 0 aromatic heterocycles. The molecule has 0 radical (unpaired) electrons. The van der Waals surface area contributed by atoms with Gasteiger partial charge in [0.1, 0.15) is 0 Å². The van der Waals surface area contributed by atoms with Crippen LogP contribution in [0.4, 0.5) is 0 Å². The normalized spacial score (nSPS) is 10.0. The minimum absolute atomic E-state index is 0.824. The lowest BCUT2D eigenvalue weighted by molar-refractivity contribution is 0.549. The molecule has 0 unspecified atom stereocenters. The van der Waals surface area contributed by atoms with Crippen LogP contribution in [-0.4, -0.2) is 7.05 Å². The van der Waals surface area contributed by atoms with Crippen LogP contribution in [0.2, 0.25) is 0 Å². The smallest absolute Gasteiger partial charge is 0.00310 e. The molecule has 0 fully saturated rings. The number of hydrogen-bond acceptors (Lipinski definition) is 1. The monoisotopic (exact) mass is 141 g/mol. The summed E-state index contributed by atoms with van der Waals surface area (Å²) in [5.41, 5.74) is 1.15. The molecule has 10 heavy (non-hydrogen) atoms. The summed E-state index contributed by atoms with van der Waals surface area (Å²) >= 11 is 0. The highest BCUT2D eigenvalue weighted by Gasteiger charge is 1.94. The first-order valence-electron chi connectivity index (χ1n) is 4.02. The van der Waals surface area contributed by atoms with Crippen molar-refractivity contribution >= 4 is 0 Å². The third-order valence-corrected chi connectivity index (χ3v) is 1.61. The predicted molar refractivity (Wildman–Crippen MR) is 46.9 cm³/mol. The number of rotatable bonds is 5. The van der Waals surface area contributed by atoms with Gasteiger partial charge in [0.25, 0.3) is 0 Å². The standard InChI is InChI=1S/C9H19N/c1-8(2)6-5-7-9(3)10-4/h8,10H,3,5-7H2,1-2,4H3. The van der Waals surface area contributed by atoms with Crippen molar-refractivity contribution in [1.29, 1.82) is 0 Å². The predicted octanol–water partition coefficient (Wildman–Crippen LogP) is 2.55. The van der Waals surface area contributed by atoms with Crippen molar-refractivity contribution in [2.45, 2.75) is 33.1 Å². The molecule has 0 saturated carbocycles. The topological polar surface area (TPSA) is 12.0 Å². The van der Waals surface area contributed by atoms with E-state index in [2.05, 4.69) is 25.7 Å². The van der Waals surface area contributed by atoms with E-state index in [1.54, 1.807) is 0 Å². The van der Waals surface area contributed by atoms with Gasteiger partial charge in [-0.15, -0.1) is 0 Å². The van der Waals surface area contributed by atoms with Crippen LogP contribution in [0, 0.1) is 5.92 Å². The van der Waals surface area contributed by atoms with Crippen LogP contribution in [0.3, 0.4) is 0 Å². The van der Waals surface area contributed by atoms with E-state index in [1.165, 1.54) is 12.8 Å². The van der Waals surface area contributed by atoms with E-state index in [1.807, 2.05) is 7.05 Å². The molecule has 60 valence electrons.